The summed E-state index contributed by atoms with van der Waals surface area (Å²) in [5, 5.41) is 9.85. The van der Waals surface area contributed by atoms with E-state index in [1.54, 1.807) is 27.7 Å². The molecule has 0 amide bonds. The minimum Gasteiger partial charge on any atom is -0.508 e. The molecule has 0 spiro atoms. The van der Waals surface area contributed by atoms with Crippen molar-refractivity contribution in [1.82, 2.24) is 0 Å². The fourth-order valence-corrected chi connectivity index (χ4v) is 1.95. The highest BCUT2D eigenvalue weighted by Gasteiger charge is 2.53. The van der Waals surface area contributed by atoms with Crippen LogP contribution >= 0.6 is 0 Å². The Morgan fingerprint density at radius 2 is 1.55 bits per heavy atom. The highest BCUT2D eigenvalue weighted by Crippen LogP contribution is 2.39. The number of phenolic OH excluding ortho intramolecular Hbond substituents is 1. The summed E-state index contributed by atoms with van der Waals surface area (Å²) in [7, 11) is -1.03. The van der Waals surface area contributed by atoms with Gasteiger partial charge in [-0.1, -0.05) is 12.1 Å². The fraction of sp³-hybridized carbons (Fsp3) is 0.538. The van der Waals surface area contributed by atoms with Gasteiger partial charge in [0.1, 0.15) is 5.75 Å². The number of hydrogen-bond donors (Lipinski definition) is 1. The van der Waals surface area contributed by atoms with Crippen LogP contribution in [0.25, 0.3) is 0 Å². The molecule has 7 heteroatoms. The number of phenols is 1. The van der Waals surface area contributed by atoms with E-state index in [1.807, 2.05) is 0 Å². The lowest BCUT2D eigenvalue weighted by Gasteiger charge is -2.32. The Kier molecular flexibility index (Phi) is 3.34. The Morgan fingerprint density at radius 3 is 2.00 bits per heavy atom. The Bertz CT molecular complexity index is 510. The zero-order valence-electron chi connectivity index (χ0n) is 11.7. The predicted octanol–water partition coefficient (Wildman–Crippen LogP) is 2.71. The quantitative estimate of drug-likeness (QED) is 0.807. The van der Waals surface area contributed by atoms with E-state index in [2.05, 4.69) is 0 Å². The van der Waals surface area contributed by atoms with Gasteiger partial charge in [0.05, 0.1) is 16.8 Å². The van der Waals surface area contributed by atoms with Crippen molar-refractivity contribution < 1.29 is 27.6 Å². The highest BCUT2D eigenvalue weighted by atomic mass is 19.4. The Labute approximate surface area is 115 Å². The number of rotatable bonds is 1. The average molecular weight is 288 g/mol. The van der Waals surface area contributed by atoms with Gasteiger partial charge in [0.2, 0.25) is 0 Å². The van der Waals surface area contributed by atoms with Crippen LogP contribution in [-0.4, -0.2) is 23.4 Å². The van der Waals surface area contributed by atoms with Gasteiger partial charge in [-0.2, -0.15) is 13.2 Å². The van der Waals surface area contributed by atoms with Crippen LogP contribution in [0.15, 0.2) is 18.2 Å². The third kappa shape index (κ3) is 2.40. The molecule has 0 saturated carbocycles. The topological polar surface area (TPSA) is 38.7 Å². The molecule has 1 fully saturated rings. The van der Waals surface area contributed by atoms with E-state index in [-0.39, 0.29) is 5.46 Å². The first-order chi connectivity index (χ1) is 8.96. The summed E-state index contributed by atoms with van der Waals surface area (Å²) in [6.07, 6.45) is -4.62. The van der Waals surface area contributed by atoms with E-state index in [1.165, 1.54) is 12.1 Å². The summed E-state index contributed by atoms with van der Waals surface area (Å²) in [5.74, 6) is -0.849. The van der Waals surface area contributed by atoms with Gasteiger partial charge in [0.15, 0.2) is 0 Å². The van der Waals surface area contributed by atoms with Crippen LogP contribution in [0.3, 0.4) is 0 Å². The van der Waals surface area contributed by atoms with E-state index in [0.29, 0.717) is 0 Å². The molecule has 1 N–H and O–H groups in total. The molecule has 0 aromatic heterocycles. The van der Waals surface area contributed by atoms with Gasteiger partial charge in [-0.25, -0.2) is 0 Å². The summed E-state index contributed by atoms with van der Waals surface area (Å²) >= 11 is 0. The number of alkyl halides is 3. The maximum Gasteiger partial charge on any atom is 0.498 e. The van der Waals surface area contributed by atoms with Crippen molar-refractivity contribution in [2.75, 3.05) is 0 Å². The molecule has 0 atom stereocenters. The normalized spacial score (nSPS) is 21.2. The first-order valence-electron chi connectivity index (χ1n) is 6.20. The van der Waals surface area contributed by atoms with Crippen molar-refractivity contribution in [3.05, 3.63) is 23.8 Å². The van der Waals surface area contributed by atoms with Crippen molar-refractivity contribution in [2.24, 2.45) is 0 Å². The molecule has 1 heterocycles. The molecule has 2 rings (SSSR count). The molecule has 0 aliphatic carbocycles. The Balaban J connectivity index is 2.42. The molecule has 110 valence electrons. The third-order valence-corrected chi connectivity index (χ3v) is 3.88. The van der Waals surface area contributed by atoms with E-state index >= 15 is 0 Å². The largest absolute Gasteiger partial charge is 0.508 e. The monoisotopic (exact) mass is 288 g/mol. The SMILES string of the molecule is CC1(C)OB(c2cccc(C(F)(F)F)c2O)OC1(C)C. The minimum atomic E-state index is -4.62. The van der Waals surface area contributed by atoms with Gasteiger partial charge < -0.3 is 14.4 Å². The van der Waals surface area contributed by atoms with Crippen LogP contribution in [-0.2, 0) is 15.5 Å². The fourth-order valence-electron chi connectivity index (χ4n) is 1.95. The molecule has 1 saturated heterocycles. The van der Waals surface area contributed by atoms with Crippen LogP contribution in [0.2, 0.25) is 0 Å². The smallest absolute Gasteiger partial charge is 0.498 e. The standard InChI is InChI=1S/C13H16BF3O3/c1-11(2)12(3,4)20-14(19-11)9-7-5-6-8(10(9)18)13(15,16)17/h5-7,18H,1-4H3. The number of hydrogen-bond acceptors (Lipinski definition) is 3. The first kappa shape index (κ1) is 15.2. The average Bonchev–Trinajstić information content (AvgIpc) is 2.46. The molecule has 1 aromatic carbocycles. The maximum atomic E-state index is 12.8. The summed E-state index contributed by atoms with van der Waals surface area (Å²) in [6, 6.07) is 3.42. The van der Waals surface area contributed by atoms with Gasteiger partial charge in [0, 0.05) is 5.46 Å². The van der Waals surface area contributed by atoms with E-state index in [9.17, 15) is 18.3 Å². The molecule has 1 aliphatic heterocycles. The number of aromatic hydroxyl groups is 1. The summed E-state index contributed by atoms with van der Waals surface area (Å²) in [4.78, 5) is 0. The molecular weight excluding hydrogens is 272 g/mol. The van der Waals surface area contributed by atoms with Crippen molar-refractivity contribution in [1.29, 1.82) is 0 Å². The van der Waals surface area contributed by atoms with Crippen LogP contribution in [0.1, 0.15) is 33.3 Å². The van der Waals surface area contributed by atoms with Crippen LogP contribution in [0, 0.1) is 0 Å². The van der Waals surface area contributed by atoms with E-state index in [0.717, 1.165) is 6.07 Å². The molecule has 1 aliphatic rings. The van der Waals surface area contributed by atoms with Crippen LogP contribution in [0.4, 0.5) is 13.2 Å². The van der Waals surface area contributed by atoms with Crippen molar-refractivity contribution in [3.8, 4) is 5.75 Å². The zero-order chi connectivity index (χ0) is 15.3. The van der Waals surface area contributed by atoms with Crippen LogP contribution in [0.5, 0.6) is 5.75 Å². The minimum absolute atomic E-state index is 0.0153. The van der Waals surface area contributed by atoms with E-state index < -0.39 is 35.8 Å². The lowest BCUT2D eigenvalue weighted by molar-refractivity contribution is -0.138. The van der Waals surface area contributed by atoms with Crippen molar-refractivity contribution >= 4 is 12.6 Å². The summed E-state index contributed by atoms with van der Waals surface area (Å²) < 4.78 is 49.6. The second-order valence-electron chi connectivity index (χ2n) is 5.83. The van der Waals surface area contributed by atoms with Gasteiger partial charge in [-0.05, 0) is 33.8 Å². The van der Waals surface area contributed by atoms with Gasteiger partial charge in [-0.3, -0.25) is 0 Å². The third-order valence-electron chi connectivity index (χ3n) is 3.88. The van der Waals surface area contributed by atoms with E-state index in [4.69, 9.17) is 9.31 Å². The molecule has 0 unspecified atom stereocenters. The molecular formula is C13H16BF3O3. The lowest BCUT2D eigenvalue weighted by atomic mass is 9.77. The Hall–Kier alpha value is -1.21. The Morgan fingerprint density at radius 1 is 1.05 bits per heavy atom. The van der Waals surface area contributed by atoms with Gasteiger partial charge in [-0.15, -0.1) is 0 Å². The molecule has 0 radical (unpaired) electrons. The van der Waals surface area contributed by atoms with Gasteiger partial charge in [0.25, 0.3) is 0 Å². The zero-order valence-corrected chi connectivity index (χ0v) is 11.7. The molecule has 3 nitrogen and oxygen atoms in total. The summed E-state index contributed by atoms with van der Waals surface area (Å²) in [5.41, 5.74) is -2.47. The number of halogens is 3. The molecule has 0 bridgehead atoms. The second-order valence-corrected chi connectivity index (χ2v) is 5.83. The predicted molar refractivity (Wildman–Crippen MR) is 68.8 cm³/mol. The lowest BCUT2D eigenvalue weighted by Crippen LogP contribution is -2.41. The number of benzene rings is 1. The number of para-hydroxylation sites is 1. The second kappa shape index (κ2) is 4.39. The first-order valence-corrected chi connectivity index (χ1v) is 6.20. The van der Waals surface area contributed by atoms with Crippen molar-refractivity contribution in [2.45, 2.75) is 45.1 Å². The maximum absolute atomic E-state index is 12.8. The van der Waals surface area contributed by atoms with Crippen molar-refractivity contribution in [3.63, 3.8) is 0 Å². The summed E-state index contributed by atoms with van der Waals surface area (Å²) in [6.45, 7) is 7.16. The van der Waals surface area contributed by atoms with Gasteiger partial charge >= 0.3 is 13.3 Å². The molecule has 1 aromatic rings. The van der Waals surface area contributed by atoms with Crippen LogP contribution < -0.4 is 5.46 Å². The highest BCUT2D eigenvalue weighted by molar-refractivity contribution is 6.63. The molecule has 20 heavy (non-hydrogen) atoms.